The van der Waals surface area contributed by atoms with Gasteiger partial charge in [-0.05, 0) is 20.3 Å². The lowest BCUT2D eigenvalue weighted by atomic mass is 10.2. The van der Waals surface area contributed by atoms with Crippen molar-refractivity contribution >= 4 is 9.53 Å². The van der Waals surface area contributed by atoms with Crippen LogP contribution in [0, 0.1) is 0 Å². The summed E-state index contributed by atoms with van der Waals surface area (Å²) in [6, 6.07) is 0. The molecule has 0 atom stereocenters. The zero-order valence-electron chi connectivity index (χ0n) is 9.67. The van der Waals surface area contributed by atoms with Gasteiger partial charge in [-0.1, -0.05) is 26.2 Å². The highest BCUT2D eigenvalue weighted by Gasteiger charge is 2.16. The molecule has 14 heavy (non-hydrogen) atoms. The fourth-order valence-electron chi connectivity index (χ4n) is 1.05. The van der Waals surface area contributed by atoms with Gasteiger partial charge in [-0.25, -0.2) is 0 Å². The molecule has 85 valence electrons. The maximum Gasteiger partial charge on any atom is 0.577 e. The summed E-state index contributed by atoms with van der Waals surface area (Å²) in [5.41, 5.74) is 0. The van der Waals surface area contributed by atoms with Gasteiger partial charge in [-0.3, -0.25) is 0 Å². The molecule has 0 bridgehead atoms. The normalized spacial score (nSPS) is 11.1. The summed E-state index contributed by atoms with van der Waals surface area (Å²) in [6.45, 7) is 8.24. The molecule has 0 aliphatic heterocycles. The Bertz CT molecular complexity index is 106. The van der Waals surface area contributed by atoms with Crippen LogP contribution in [0.1, 0.15) is 46.5 Å². The van der Waals surface area contributed by atoms with Crippen molar-refractivity contribution in [3.05, 3.63) is 0 Å². The van der Waals surface area contributed by atoms with Gasteiger partial charge in [0.15, 0.2) is 0 Å². The van der Waals surface area contributed by atoms with Crippen LogP contribution in [-0.4, -0.2) is 29.3 Å². The van der Waals surface area contributed by atoms with Gasteiger partial charge >= 0.3 is 9.53 Å². The predicted molar refractivity (Wildman–Crippen MR) is 59.1 cm³/mol. The molecular weight excluding hydrogens is 196 g/mol. The van der Waals surface area contributed by atoms with Gasteiger partial charge in [0.2, 0.25) is 0 Å². The zero-order chi connectivity index (χ0) is 10.6. The number of hydrogen-bond acceptors (Lipinski definition) is 3. The number of rotatable bonds is 10. The topological polar surface area (TPSA) is 27.7 Å². The Kier molecular flexibility index (Phi) is 11.3. The van der Waals surface area contributed by atoms with E-state index in [2.05, 4.69) is 6.92 Å². The largest absolute Gasteiger partial charge is 0.577 e. The molecule has 0 unspecified atom stereocenters. The molecule has 0 N–H and O–H groups in total. The first kappa shape index (κ1) is 14.1. The number of unbranched alkanes of at least 4 members (excludes halogenated alkanes) is 3. The van der Waals surface area contributed by atoms with Crippen LogP contribution in [0.4, 0.5) is 0 Å². The molecule has 0 heterocycles. The summed E-state index contributed by atoms with van der Waals surface area (Å²) in [7, 11) is -1.43. The third-order valence-corrected chi connectivity index (χ3v) is 3.23. The van der Waals surface area contributed by atoms with Gasteiger partial charge in [0.1, 0.15) is 0 Å². The Hall–Kier alpha value is 0.0969. The molecule has 0 aliphatic carbocycles. The Morgan fingerprint density at radius 3 is 1.93 bits per heavy atom. The summed E-state index contributed by atoms with van der Waals surface area (Å²) < 4.78 is 16.2. The Labute approximate surface area is 89.7 Å². The van der Waals surface area contributed by atoms with E-state index in [9.17, 15) is 0 Å². The molecule has 0 aromatic rings. The molecular formula is C10H23O3Si. The van der Waals surface area contributed by atoms with E-state index >= 15 is 0 Å². The van der Waals surface area contributed by atoms with E-state index in [1.54, 1.807) is 0 Å². The average Bonchev–Trinajstić information content (AvgIpc) is 2.18. The van der Waals surface area contributed by atoms with E-state index < -0.39 is 9.53 Å². The Morgan fingerprint density at radius 1 is 0.786 bits per heavy atom. The second-order valence-electron chi connectivity index (χ2n) is 3.03. The van der Waals surface area contributed by atoms with Crippen LogP contribution < -0.4 is 0 Å². The standard InChI is InChI=1S/C10H23O3Si/c1-4-7-8-9-10-13-14(11-5-2)12-6-3/h4-10H2,1-3H3. The third-order valence-electron chi connectivity index (χ3n) is 1.74. The van der Waals surface area contributed by atoms with Crippen LogP contribution >= 0.6 is 0 Å². The van der Waals surface area contributed by atoms with E-state index in [4.69, 9.17) is 13.3 Å². The Balaban J connectivity index is 3.30. The van der Waals surface area contributed by atoms with Crippen molar-refractivity contribution in [2.24, 2.45) is 0 Å². The van der Waals surface area contributed by atoms with E-state index in [1.807, 2.05) is 13.8 Å². The molecule has 4 heteroatoms. The first-order valence-corrected chi connectivity index (χ1v) is 6.82. The van der Waals surface area contributed by atoms with Gasteiger partial charge in [-0.2, -0.15) is 0 Å². The van der Waals surface area contributed by atoms with E-state index in [1.165, 1.54) is 19.3 Å². The highest BCUT2D eigenvalue weighted by atomic mass is 28.3. The van der Waals surface area contributed by atoms with Crippen LogP contribution in [0.25, 0.3) is 0 Å². The minimum Gasteiger partial charge on any atom is -0.371 e. The van der Waals surface area contributed by atoms with Crippen LogP contribution in [0.5, 0.6) is 0 Å². The predicted octanol–water partition coefficient (Wildman–Crippen LogP) is 2.64. The Morgan fingerprint density at radius 2 is 1.43 bits per heavy atom. The lowest BCUT2D eigenvalue weighted by Crippen LogP contribution is -2.27. The molecule has 0 fully saturated rings. The third kappa shape index (κ3) is 8.68. The molecule has 0 aromatic carbocycles. The lowest BCUT2D eigenvalue weighted by Gasteiger charge is -2.12. The lowest BCUT2D eigenvalue weighted by molar-refractivity contribution is 0.100. The zero-order valence-corrected chi connectivity index (χ0v) is 10.7. The van der Waals surface area contributed by atoms with E-state index in [0.29, 0.717) is 13.2 Å². The average molecular weight is 219 g/mol. The highest BCUT2D eigenvalue weighted by Crippen LogP contribution is 2.01. The molecule has 0 rings (SSSR count). The molecule has 1 radical (unpaired) electrons. The smallest absolute Gasteiger partial charge is 0.371 e. The van der Waals surface area contributed by atoms with Gasteiger partial charge in [-0.15, -0.1) is 0 Å². The van der Waals surface area contributed by atoms with Crippen molar-refractivity contribution in [3.63, 3.8) is 0 Å². The monoisotopic (exact) mass is 219 g/mol. The number of hydrogen-bond donors (Lipinski definition) is 0. The van der Waals surface area contributed by atoms with Gasteiger partial charge in [0, 0.05) is 19.8 Å². The maximum atomic E-state index is 5.53. The van der Waals surface area contributed by atoms with Crippen LogP contribution in [-0.2, 0) is 13.3 Å². The summed E-state index contributed by atoms with van der Waals surface area (Å²) >= 11 is 0. The van der Waals surface area contributed by atoms with Crippen molar-refractivity contribution < 1.29 is 13.3 Å². The first-order valence-electron chi connectivity index (χ1n) is 5.60. The molecule has 0 saturated carbocycles. The SMILES string of the molecule is CCCCCCO[Si](OCC)OCC. The van der Waals surface area contributed by atoms with Crippen molar-refractivity contribution in [1.29, 1.82) is 0 Å². The van der Waals surface area contributed by atoms with Gasteiger partial charge in [0.05, 0.1) is 0 Å². The minimum absolute atomic E-state index is 0.670. The van der Waals surface area contributed by atoms with Crippen molar-refractivity contribution in [2.75, 3.05) is 19.8 Å². The van der Waals surface area contributed by atoms with Crippen molar-refractivity contribution in [1.82, 2.24) is 0 Å². The summed E-state index contributed by atoms with van der Waals surface area (Å²) in [6.07, 6.45) is 4.90. The van der Waals surface area contributed by atoms with Crippen LogP contribution in [0.2, 0.25) is 0 Å². The molecule has 0 amide bonds. The fourth-order valence-corrected chi connectivity index (χ4v) is 2.08. The van der Waals surface area contributed by atoms with Crippen LogP contribution in [0.3, 0.4) is 0 Å². The molecule has 0 spiro atoms. The maximum absolute atomic E-state index is 5.53. The summed E-state index contributed by atoms with van der Waals surface area (Å²) in [4.78, 5) is 0. The van der Waals surface area contributed by atoms with Gasteiger partial charge in [0.25, 0.3) is 0 Å². The van der Waals surface area contributed by atoms with Crippen molar-refractivity contribution in [3.8, 4) is 0 Å². The summed E-state index contributed by atoms with van der Waals surface area (Å²) in [5, 5.41) is 0. The van der Waals surface area contributed by atoms with E-state index in [0.717, 1.165) is 13.0 Å². The minimum atomic E-state index is -1.43. The second-order valence-corrected chi connectivity index (χ2v) is 4.39. The molecule has 3 nitrogen and oxygen atoms in total. The molecule has 0 saturated heterocycles. The fraction of sp³-hybridized carbons (Fsp3) is 1.00. The van der Waals surface area contributed by atoms with Crippen molar-refractivity contribution in [2.45, 2.75) is 46.5 Å². The van der Waals surface area contributed by atoms with E-state index in [-0.39, 0.29) is 0 Å². The quantitative estimate of drug-likeness (QED) is 0.417. The second kappa shape index (κ2) is 11.2. The molecule has 0 aliphatic rings. The first-order chi connectivity index (χ1) is 6.85. The highest BCUT2D eigenvalue weighted by molar-refractivity contribution is 6.36. The van der Waals surface area contributed by atoms with Gasteiger partial charge < -0.3 is 13.3 Å². The van der Waals surface area contributed by atoms with Crippen LogP contribution in [0.15, 0.2) is 0 Å². The summed E-state index contributed by atoms with van der Waals surface area (Å²) in [5.74, 6) is 0. The molecule has 0 aromatic heterocycles.